The van der Waals surface area contributed by atoms with Gasteiger partial charge >= 0.3 is 0 Å². The van der Waals surface area contributed by atoms with Crippen LogP contribution in [0.3, 0.4) is 0 Å². The van der Waals surface area contributed by atoms with E-state index in [1.807, 2.05) is 36.4 Å². The first-order valence-electron chi connectivity index (χ1n) is 10.3. The smallest absolute Gasteiger partial charge is 0.240 e. The van der Waals surface area contributed by atoms with E-state index in [4.69, 9.17) is 0 Å². The number of hydrogen-bond donors (Lipinski definition) is 3. The fourth-order valence-corrected chi connectivity index (χ4v) is 5.12. The number of benzene rings is 2. The molecule has 2 aromatic rings. The molecule has 158 valence electrons. The van der Waals surface area contributed by atoms with Crippen molar-refractivity contribution in [2.24, 2.45) is 0 Å². The first kappa shape index (κ1) is 21.9. The van der Waals surface area contributed by atoms with Crippen LogP contribution in [0.15, 0.2) is 65.6 Å². The number of nitrogens with one attached hydrogen (secondary N) is 2. The highest BCUT2D eigenvalue weighted by Gasteiger charge is 2.27. The van der Waals surface area contributed by atoms with Crippen molar-refractivity contribution in [1.29, 1.82) is 0 Å². The van der Waals surface area contributed by atoms with Crippen LogP contribution >= 0.6 is 0 Å². The Morgan fingerprint density at radius 3 is 2.48 bits per heavy atom. The van der Waals surface area contributed by atoms with Crippen LogP contribution in [0.1, 0.15) is 18.4 Å². The Kier molecular flexibility index (Phi) is 8.20. The molecule has 0 unspecified atom stereocenters. The molecule has 1 aliphatic rings. The van der Waals surface area contributed by atoms with Crippen molar-refractivity contribution >= 4 is 10.0 Å². The average molecular weight is 418 g/mol. The van der Waals surface area contributed by atoms with E-state index in [9.17, 15) is 13.5 Å². The lowest BCUT2D eigenvalue weighted by atomic mass is 10.0. The largest absolute Gasteiger partial charge is 0.396 e. The molecule has 0 bridgehead atoms. The lowest BCUT2D eigenvalue weighted by molar-refractivity contribution is 0.133. The van der Waals surface area contributed by atoms with Gasteiger partial charge in [-0.05, 0) is 37.0 Å². The minimum absolute atomic E-state index is 0.179. The van der Waals surface area contributed by atoms with Gasteiger partial charge in [-0.1, -0.05) is 48.5 Å². The molecule has 0 spiro atoms. The minimum atomic E-state index is -3.60. The fraction of sp³-hybridized carbons (Fsp3) is 0.455. The van der Waals surface area contributed by atoms with Crippen molar-refractivity contribution in [3.05, 3.63) is 66.2 Å². The third-order valence-electron chi connectivity index (χ3n) is 5.32. The molecule has 0 saturated carbocycles. The number of hydrogen-bond acceptors (Lipinski definition) is 5. The second-order valence-corrected chi connectivity index (χ2v) is 9.25. The molecule has 2 atom stereocenters. The topological polar surface area (TPSA) is 81.7 Å². The van der Waals surface area contributed by atoms with Crippen LogP contribution in [0.4, 0.5) is 0 Å². The molecule has 1 fully saturated rings. The van der Waals surface area contributed by atoms with Crippen LogP contribution in [0.25, 0.3) is 0 Å². The highest BCUT2D eigenvalue weighted by atomic mass is 32.2. The zero-order valence-electron chi connectivity index (χ0n) is 16.7. The summed E-state index contributed by atoms with van der Waals surface area (Å²) in [6.07, 6.45) is 2.28. The second kappa shape index (κ2) is 10.8. The maximum absolute atomic E-state index is 13.0. The van der Waals surface area contributed by atoms with Crippen molar-refractivity contribution in [2.75, 3.05) is 32.8 Å². The van der Waals surface area contributed by atoms with Crippen LogP contribution in [0.5, 0.6) is 0 Å². The molecule has 1 heterocycles. The van der Waals surface area contributed by atoms with Gasteiger partial charge in [0.25, 0.3) is 0 Å². The molecule has 0 aliphatic carbocycles. The molecular weight excluding hydrogens is 386 g/mol. The summed E-state index contributed by atoms with van der Waals surface area (Å²) in [7, 11) is -3.60. The third kappa shape index (κ3) is 6.62. The molecule has 0 radical (unpaired) electrons. The Balaban J connectivity index is 1.77. The molecule has 3 rings (SSSR count). The van der Waals surface area contributed by atoms with E-state index in [1.54, 1.807) is 24.3 Å². The summed E-state index contributed by atoms with van der Waals surface area (Å²) in [6.45, 7) is 3.44. The molecule has 3 N–H and O–H groups in total. The van der Waals surface area contributed by atoms with Crippen LogP contribution < -0.4 is 10.0 Å². The molecule has 0 amide bonds. The van der Waals surface area contributed by atoms with Crippen LogP contribution in [0.2, 0.25) is 0 Å². The van der Waals surface area contributed by atoms with Crippen molar-refractivity contribution < 1.29 is 13.5 Å². The summed E-state index contributed by atoms with van der Waals surface area (Å²) in [5, 5.41) is 12.6. The van der Waals surface area contributed by atoms with E-state index < -0.39 is 10.0 Å². The van der Waals surface area contributed by atoms with Crippen LogP contribution in [-0.2, 0) is 16.4 Å². The third-order valence-corrected chi connectivity index (χ3v) is 6.86. The molecular formula is C22H31N3O3S. The predicted octanol–water partition coefficient (Wildman–Crippen LogP) is 1.62. The number of nitrogens with zero attached hydrogens (tertiary/aromatic N) is 1. The molecule has 0 aromatic heterocycles. The monoisotopic (exact) mass is 417 g/mol. The van der Waals surface area contributed by atoms with Crippen LogP contribution in [-0.4, -0.2) is 63.3 Å². The zero-order valence-corrected chi connectivity index (χ0v) is 17.5. The lowest BCUT2D eigenvalue weighted by Gasteiger charge is -2.38. The SMILES string of the molecule is O=S(=O)(N[C@@H](Cc1ccccc1)CN1CCNC[C@@H]1CCCO)c1ccccc1. The van der Waals surface area contributed by atoms with Gasteiger partial charge in [-0.3, -0.25) is 4.90 Å². The number of sulfonamides is 1. The summed E-state index contributed by atoms with van der Waals surface area (Å²) >= 11 is 0. The van der Waals surface area contributed by atoms with Crippen molar-refractivity contribution in [2.45, 2.75) is 36.2 Å². The van der Waals surface area contributed by atoms with Gasteiger partial charge in [0.2, 0.25) is 10.0 Å². The Hall–Kier alpha value is -1.77. The molecule has 7 heteroatoms. The summed E-state index contributed by atoms with van der Waals surface area (Å²) in [5.41, 5.74) is 1.11. The van der Waals surface area contributed by atoms with E-state index in [0.717, 1.165) is 38.0 Å². The van der Waals surface area contributed by atoms with Gasteiger partial charge in [-0.15, -0.1) is 0 Å². The summed E-state index contributed by atoms with van der Waals surface area (Å²) in [5.74, 6) is 0. The van der Waals surface area contributed by atoms with E-state index in [0.29, 0.717) is 19.0 Å². The van der Waals surface area contributed by atoms with Gasteiger partial charge in [0.05, 0.1) is 4.90 Å². The highest BCUT2D eigenvalue weighted by Crippen LogP contribution is 2.15. The van der Waals surface area contributed by atoms with Crippen molar-refractivity contribution in [3.8, 4) is 0 Å². The molecule has 2 aromatic carbocycles. The Morgan fingerprint density at radius 1 is 1.10 bits per heavy atom. The summed E-state index contributed by atoms with van der Waals surface area (Å²) < 4.78 is 28.8. The number of aliphatic hydroxyl groups is 1. The van der Waals surface area contributed by atoms with E-state index in [1.165, 1.54) is 0 Å². The Labute approximate surface area is 174 Å². The van der Waals surface area contributed by atoms with Gasteiger partial charge in [0.15, 0.2) is 0 Å². The molecule has 29 heavy (non-hydrogen) atoms. The quantitative estimate of drug-likeness (QED) is 0.547. The van der Waals surface area contributed by atoms with Gasteiger partial charge < -0.3 is 10.4 Å². The normalized spacial score (nSPS) is 19.1. The maximum Gasteiger partial charge on any atom is 0.240 e. The molecule has 1 aliphatic heterocycles. The first-order valence-corrected chi connectivity index (χ1v) is 11.7. The minimum Gasteiger partial charge on any atom is -0.396 e. The molecule has 6 nitrogen and oxygen atoms in total. The number of rotatable bonds is 10. The average Bonchev–Trinajstić information content (AvgIpc) is 2.74. The Bertz CT molecular complexity index is 831. The number of piperazine rings is 1. The van der Waals surface area contributed by atoms with Crippen molar-refractivity contribution in [1.82, 2.24) is 14.9 Å². The molecule has 1 saturated heterocycles. The fourth-order valence-electron chi connectivity index (χ4n) is 3.87. The Morgan fingerprint density at radius 2 is 1.79 bits per heavy atom. The second-order valence-electron chi connectivity index (χ2n) is 7.54. The summed E-state index contributed by atoms with van der Waals surface area (Å²) in [4.78, 5) is 2.64. The first-order chi connectivity index (χ1) is 14.1. The van der Waals surface area contributed by atoms with Gasteiger partial charge in [0, 0.05) is 44.9 Å². The summed E-state index contributed by atoms with van der Waals surface area (Å²) in [6, 6.07) is 18.6. The van der Waals surface area contributed by atoms with Gasteiger partial charge in [0.1, 0.15) is 0 Å². The van der Waals surface area contributed by atoms with E-state index in [2.05, 4.69) is 14.9 Å². The highest BCUT2D eigenvalue weighted by molar-refractivity contribution is 7.89. The standard InChI is InChI=1S/C22H31N3O3S/c26-15-7-10-21-17-23-13-14-25(21)18-20(16-19-8-3-1-4-9-19)24-29(27,28)22-11-5-2-6-12-22/h1-6,8-9,11-12,20-21,23-24,26H,7,10,13-18H2/t20-,21-/m0/s1. The number of aliphatic hydroxyl groups excluding tert-OH is 1. The predicted molar refractivity (Wildman–Crippen MR) is 115 cm³/mol. The van der Waals surface area contributed by atoms with Gasteiger partial charge in [-0.2, -0.15) is 0 Å². The van der Waals surface area contributed by atoms with Gasteiger partial charge in [-0.25, -0.2) is 13.1 Å². The van der Waals surface area contributed by atoms with E-state index in [-0.39, 0.29) is 17.5 Å². The maximum atomic E-state index is 13.0. The van der Waals surface area contributed by atoms with Crippen molar-refractivity contribution in [3.63, 3.8) is 0 Å². The van der Waals surface area contributed by atoms with Crippen LogP contribution in [0, 0.1) is 0 Å². The lowest BCUT2D eigenvalue weighted by Crippen LogP contribution is -2.55. The van der Waals surface area contributed by atoms with E-state index >= 15 is 0 Å². The zero-order chi connectivity index (χ0) is 20.5.